The number of hydrogen-bond donors (Lipinski definition) is 2. The van der Waals surface area contributed by atoms with Crippen LogP contribution in [0.5, 0.6) is 5.75 Å². The predicted octanol–water partition coefficient (Wildman–Crippen LogP) is 2.42. The zero-order valence-electron chi connectivity index (χ0n) is 12.7. The summed E-state index contributed by atoms with van der Waals surface area (Å²) in [6, 6.07) is 7.29. The normalized spacial score (nSPS) is 10.3. The largest absolute Gasteiger partial charge is 0.495 e. The predicted molar refractivity (Wildman–Crippen MR) is 88.3 cm³/mol. The minimum absolute atomic E-state index is 0.155. The van der Waals surface area contributed by atoms with Gasteiger partial charge in [-0.15, -0.1) is 0 Å². The van der Waals surface area contributed by atoms with Crippen LogP contribution in [0.25, 0.3) is 0 Å². The Morgan fingerprint density at radius 2 is 2.09 bits per heavy atom. The molecule has 0 atom stereocenters. The van der Waals surface area contributed by atoms with E-state index in [2.05, 4.69) is 15.3 Å². The molecule has 2 rings (SSSR count). The molecule has 0 unspecified atom stereocenters. The number of amides is 1. The number of aryl methyl sites for hydroxylation is 2. The number of carbonyl (C=O) groups is 1. The fourth-order valence-electron chi connectivity index (χ4n) is 1.87. The number of hydrogen-bond acceptors (Lipinski definition) is 6. The lowest BCUT2D eigenvalue weighted by Gasteiger charge is -2.10. The van der Waals surface area contributed by atoms with Crippen molar-refractivity contribution < 1.29 is 9.53 Å². The van der Waals surface area contributed by atoms with E-state index in [1.165, 1.54) is 11.8 Å². The highest BCUT2D eigenvalue weighted by Gasteiger charge is 2.10. The van der Waals surface area contributed by atoms with Crippen molar-refractivity contribution in [2.75, 3.05) is 23.9 Å². The lowest BCUT2D eigenvalue weighted by atomic mass is 10.2. The zero-order valence-corrected chi connectivity index (χ0v) is 13.5. The first kappa shape index (κ1) is 16.1. The Morgan fingerprint density at radius 1 is 1.32 bits per heavy atom. The molecule has 0 spiro atoms. The third-order valence-corrected chi connectivity index (χ3v) is 3.66. The van der Waals surface area contributed by atoms with Gasteiger partial charge in [0.25, 0.3) is 0 Å². The second-order valence-electron chi connectivity index (χ2n) is 4.76. The quantitative estimate of drug-likeness (QED) is 0.650. The summed E-state index contributed by atoms with van der Waals surface area (Å²) in [5.41, 5.74) is 8.13. The highest BCUT2D eigenvalue weighted by Crippen LogP contribution is 2.25. The third kappa shape index (κ3) is 4.36. The molecule has 22 heavy (non-hydrogen) atoms. The zero-order chi connectivity index (χ0) is 16.1. The lowest BCUT2D eigenvalue weighted by Crippen LogP contribution is -2.15. The van der Waals surface area contributed by atoms with E-state index in [-0.39, 0.29) is 11.7 Å². The first-order valence-corrected chi connectivity index (χ1v) is 7.65. The van der Waals surface area contributed by atoms with E-state index in [0.29, 0.717) is 22.4 Å². The van der Waals surface area contributed by atoms with Crippen molar-refractivity contribution in [3.63, 3.8) is 0 Å². The SMILES string of the molecule is COc1ccc(C)cc1NC(=O)CSc1nc(C)cc(N)n1. The maximum absolute atomic E-state index is 12.1. The summed E-state index contributed by atoms with van der Waals surface area (Å²) in [6.07, 6.45) is 0. The molecule has 1 heterocycles. The van der Waals surface area contributed by atoms with Crippen molar-refractivity contribution in [2.45, 2.75) is 19.0 Å². The number of anilines is 2. The van der Waals surface area contributed by atoms with Gasteiger partial charge in [0.2, 0.25) is 5.91 Å². The molecule has 1 aromatic carbocycles. The van der Waals surface area contributed by atoms with Crippen LogP contribution < -0.4 is 15.8 Å². The number of benzene rings is 1. The van der Waals surface area contributed by atoms with E-state index in [9.17, 15) is 4.79 Å². The Morgan fingerprint density at radius 3 is 2.77 bits per heavy atom. The van der Waals surface area contributed by atoms with Crippen molar-refractivity contribution in [3.8, 4) is 5.75 Å². The van der Waals surface area contributed by atoms with Gasteiger partial charge < -0.3 is 15.8 Å². The van der Waals surface area contributed by atoms with E-state index < -0.39 is 0 Å². The molecule has 0 bridgehead atoms. The smallest absolute Gasteiger partial charge is 0.234 e. The maximum atomic E-state index is 12.1. The van der Waals surface area contributed by atoms with E-state index in [0.717, 1.165) is 11.3 Å². The summed E-state index contributed by atoms with van der Waals surface area (Å²) in [5, 5.41) is 3.32. The van der Waals surface area contributed by atoms with E-state index in [4.69, 9.17) is 10.5 Å². The van der Waals surface area contributed by atoms with Gasteiger partial charge in [-0.2, -0.15) is 0 Å². The van der Waals surface area contributed by atoms with Gasteiger partial charge in [0.05, 0.1) is 18.6 Å². The van der Waals surface area contributed by atoms with Crippen LogP contribution in [-0.4, -0.2) is 28.7 Å². The summed E-state index contributed by atoms with van der Waals surface area (Å²) in [5.74, 6) is 1.06. The molecule has 0 saturated heterocycles. The minimum atomic E-state index is -0.155. The van der Waals surface area contributed by atoms with Crippen molar-refractivity contribution in [2.24, 2.45) is 0 Å². The molecule has 3 N–H and O–H groups in total. The van der Waals surface area contributed by atoms with Crippen LogP contribution in [-0.2, 0) is 4.79 Å². The Labute approximate surface area is 133 Å². The van der Waals surface area contributed by atoms with Crippen molar-refractivity contribution >= 4 is 29.2 Å². The van der Waals surface area contributed by atoms with Crippen LogP contribution in [0.4, 0.5) is 11.5 Å². The van der Waals surface area contributed by atoms with Crippen LogP contribution in [0.15, 0.2) is 29.4 Å². The van der Waals surface area contributed by atoms with Crippen LogP contribution in [0.3, 0.4) is 0 Å². The average Bonchev–Trinajstić information content (AvgIpc) is 2.44. The molecule has 1 amide bonds. The first-order valence-electron chi connectivity index (χ1n) is 6.66. The molecule has 0 saturated carbocycles. The molecular weight excluding hydrogens is 300 g/mol. The van der Waals surface area contributed by atoms with Crippen LogP contribution in [0, 0.1) is 13.8 Å². The van der Waals surface area contributed by atoms with Crippen LogP contribution in [0.2, 0.25) is 0 Å². The van der Waals surface area contributed by atoms with Crippen molar-refractivity contribution in [1.29, 1.82) is 0 Å². The molecule has 7 heteroatoms. The van der Waals surface area contributed by atoms with Crippen molar-refractivity contribution in [1.82, 2.24) is 9.97 Å². The van der Waals surface area contributed by atoms with Gasteiger partial charge in [0, 0.05) is 11.8 Å². The maximum Gasteiger partial charge on any atom is 0.234 e. The standard InChI is InChI=1S/C15H18N4O2S/c1-9-4-5-12(21-3)11(6-9)18-14(20)8-22-15-17-10(2)7-13(16)19-15/h4-7H,8H2,1-3H3,(H,18,20)(H2,16,17,19). The van der Waals surface area contributed by atoms with Gasteiger partial charge in [-0.05, 0) is 31.5 Å². The molecule has 0 aliphatic heterocycles. The van der Waals surface area contributed by atoms with E-state index >= 15 is 0 Å². The van der Waals surface area contributed by atoms with Gasteiger partial charge in [0.15, 0.2) is 5.16 Å². The minimum Gasteiger partial charge on any atom is -0.495 e. The number of rotatable bonds is 5. The summed E-state index contributed by atoms with van der Waals surface area (Å²) in [7, 11) is 1.57. The topological polar surface area (TPSA) is 90.1 Å². The summed E-state index contributed by atoms with van der Waals surface area (Å²) in [6.45, 7) is 3.78. The highest BCUT2D eigenvalue weighted by atomic mass is 32.2. The Bertz CT molecular complexity index is 671. The van der Waals surface area contributed by atoms with Crippen LogP contribution in [0.1, 0.15) is 11.3 Å². The number of methoxy groups -OCH3 is 1. The molecule has 0 aliphatic carbocycles. The second-order valence-corrected chi connectivity index (χ2v) is 5.70. The molecule has 1 aromatic heterocycles. The second kappa shape index (κ2) is 7.13. The Balaban J connectivity index is 2.00. The molecule has 116 valence electrons. The number of carbonyl (C=O) groups excluding carboxylic acids is 1. The lowest BCUT2D eigenvalue weighted by molar-refractivity contribution is -0.113. The van der Waals surface area contributed by atoms with Crippen LogP contribution >= 0.6 is 11.8 Å². The number of nitrogen functional groups attached to an aromatic ring is 1. The number of ether oxygens (including phenoxy) is 1. The third-order valence-electron chi connectivity index (χ3n) is 2.81. The number of thioether (sulfide) groups is 1. The number of nitrogens with one attached hydrogen (secondary N) is 1. The molecule has 6 nitrogen and oxygen atoms in total. The average molecular weight is 318 g/mol. The van der Waals surface area contributed by atoms with Gasteiger partial charge in [-0.1, -0.05) is 17.8 Å². The molecular formula is C15H18N4O2S. The van der Waals surface area contributed by atoms with Gasteiger partial charge in [-0.3, -0.25) is 4.79 Å². The number of aromatic nitrogens is 2. The molecule has 0 aliphatic rings. The van der Waals surface area contributed by atoms with Crippen molar-refractivity contribution in [3.05, 3.63) is 35.5 Å². The Hall–Kier alpha value is -2.28. The monoisotopic (exact) mass is 318 g/mol. The number of nitrogens with two attached hydrogens (primary N) is 1. The first-order chi connectivity index (χ1) is 10.5. The summed E-state index contributed by atoms with van der Waals surface area (Å²) >= 11 is 1.24. The van der Waals surface area contributed by atoms with Gasteiger partial charge in [-0.25, -0.2) is 9.97 Å². The summed E-state index contributed by atoms with van der Waals surface area (Å²) < 4.78 is 5.23. The van der Waals surface area contributed by atoms with E-state index in [1.54, 1.807) is 13.2 Å². The van der Waals surface area contributed by atoms with E-state index in [1.807, 2.05) is 32.0 Å². The Kier molecular flexibility index (Phi) is 5.21. The molecule has 2 aromatic rings. The fourth-order valence-corrected chi connectivity index (χ4v) is 2.58. The van der Waals surface area contributed by atoms with Gasteiger partial charge >= 0.3 is 0 Å². The molecule has 0 radical (unpaired) electrons. The highest BCUT2D eigenvalue weighted by molar-refractivity contribution is 7.99. The fraction of sp³-hybridized carbons (Fsp3) is 0.267. The summed E-state index contributed by atoms with van der Waals surface area (Å²) in [4.78, 5) is 20.4. The molecule has 0 fully saturated rings. The number of nitrogens with zero attached hydrogens (tertiary/aromatic N) is 2. The van der Waals surface area contributed by atoms with Gasteiger partial charge in [0.1, 0.15) is 11.6 Å².